The molecule has 26 heavy (non-hydrogen) atoms. The predicted molar refractivity (Wildman–Crippen MR) is 87.7 cm³/mol. The summed E-state index contributed by atoms with van der Waals surface area (Å²) in [6.07, 6.45) is 4.32. The van der Waals surface area contributed by atoms with Crippen LogP contribution in [0.1, 0.15) is 5.56 Å². The van der Waals surface area contributed by atoms with Gasteiger partial charge in [0.05, 0.1) is 38.4 Å². The summed E-state index contributed by atoms with van der Waals surface area (Å²) < 4.78 is 43.7. The Morgan fingerprint density at radius 2 is 1.73 bits per heavy atom. The highest BCUT2D eigenvalue weighted by Crippen LogP contribution is 2.31. The highest BCUT2D eigenvalue weighted by molar-refractivity contribution is 5.46. The van der Waals surface area contributed by atoms with E-state index in [1.807, 2.05) is 0 Å². The molecular weight excluding hydrogens is 348 g/mol. The van der Waals surface area contributed by atoms with E-state index in [2.05, 4.69) is 25.5 Å². The third kappa shape index (κ3) is 3.63. The van der Waals surface area contributed by atoms with E-state index >= 15 is 0 Å². The van der Waals surface area contributed by atoms with E-state index in [0.717, 1.165) is 6.07 Å². The SMILES string of the molecule is COc1cc(OC)c(F)c(COc2cnc(Nc3ccn[nH]3)nc2)c1F. The largest absolute Gasteiger partial charge is 0.494 e. The van der Waals surface area contributed by atoms with Crippen molar-refractivity contribution in [2.24, 2.45) is 0 Å². The number of hydrogen-bond acceptors (Lipinski definition) is 7. The molecule has 0 aliphatic carbocycles. The smallest absolute Gasteiger partial charge is 0.228 e. The molecule has 0 fully saturated rings. The molecule has 0 bridgehead atoms. The fourth-order valence-corrected chi connectivity index (χ4v) is 2.12. The Hall–Kier alpha value is -3.43. The standard InChI is InChI=1S/C16H15F2N5O3/c1-24-11-5-12(25-2)15(18)10(14(11)17)8-26-9-6-19-16(20-7-9)22-13-3-4-21-23-13/h3-7H,8H2,1-2H3,(H2,19,20,21,22,23). The zero-order valence-electron chi connectivity index (χ0n) is 13.9. The quantitative estimate of drug-likeness (QED) is 0.666. The monoisotopic (exact) mass is 363 g/mol. The van der Waals surface area contributed by atoms with E-state index in [0.29, 0.717) is 11.8 Å². The topological polar surface area (TPSA) is 94.2 Å². The van der Waals surface area contributed by atoms with Crippen LogP contribution in [0.5, 0.6) is 17.2 Å². The first-order valence-corrected chi connectivity index (χ1v) is 7.42. The molecule has 0 aliphatic rings. The van der Waals surface area contributed by atoms with E-state index in [1.54, 1.807) is 12.3 Å². The Balaban J connectivity index is 1.72. The summed E-state index contributed by atoms with van der Waals surface area (Å²) in [5.74, 6) is -0.836. The lowest BCUT2D eigenvalue weighted by molar-refractivity contribution is 0.280. The first-order chi connectivity index (χ1) is 12.6. The maximum Gasteiger partial charge on any atom is 0.228 e. The van der Waals surface area contributed by atoms with Crippen molar-refractivity contribution in [2.45, 2.75) is 6.61 Å². The van der Waals surface area contributed by atoms with E-state index in [1.165, 1.54) is 26.6 Å². The van der Waals surface area contributed by atoms with E-state index in [9.17, 15) is 8.78 Å². The molecule has 8 nitrogen and oxygen atoms in total. The van der Waals surface area contributed by atoms with E-state index in [4.69, 9.17) is 14.2 Å². The van der Waals surface area contributed by atoms with Gasteiger partial charge in [0.25, 0.3) is 0 Å². The summed E-state index contributed by atoms with van der Waals surface area (Å²) in [6.45, 7) is -0.387. The molecule has 136 valence electrons. The third-order valence-electron chi connectivity index (χ3n) is 3.42. The highest BCUT2D eigenvalue weighted by atomic mass is 19.1. The summed E-state index contributed by atoms with van der Waals surface area (Å²) >= 11 is 0. The Morgan fingerprint density at radius 1 is 1.08 bits per heavy atom. The normalized spacial score (nSPS) is 10.5. The first-order valence-electron chi connectivity index (χ1n) is 7.42. The van der Waals surface area contributed by atoms with Crippen LogP contribution < -0.4 is 19.5 Å². The Bertz CT molecular complexity index is 844. The average molecular weight is 363 g/mol. The minimum atomic E-state index is -0.857. The molecule has 1 aromatic carbocycles. The van der Waals surface area contributed by atoms with Gasteiger partial charge in [-0.15, -0.1) is 0 Å². The molecule has 2 aromatic heterocycles. The maximum absolute atomic E-state index is 14.3. The van der Waals surface area contributed by atoms with E-state index < -0.39 is 11.6 Å². The lowest BCUT2D eigenvalue weighted by Gasteiger charge is -2.13. The molecule has 3 aromatic rings. The molecule has 3 rings (SSSR count). The lowest BCUT2D eigenvalue weighted by atomic mass is 10.1. The van der Waals surface area contributed by atoms with Gasteiger partial charge in [0.1, 0.15) is 12.4 Å². The number of rotatable bonds is 7. The van der Waals surface area contributed by atoms with Gasteiger partial charge >= 0.3 is 0 Å². The van der Waals surface area contributed by atoms with Crippen molar-refractivity contribution in [3.05, 3.63) is 47.9 Å². The van der Waals surface area contributed by atoms with Gasteiger partial charge in [-0.3, -0.25) is 5.10 Å². The number of hydrogen-bond donors (Lipinski definition) is 2. The number of H-pyrrole nitrogens is 1. The van der Waals surface area contributed by atoms with Crippen LogP contribution in [0.2, 0.25) is 0 Å². The molecule has 2 N–H and O–H groups in total. The number of halogens is 2. The van der Waals surface area contributed by atoms with Gasteiger partial charge in [-0.2, -0.15) is 5.10 Å². The van der Waals surface area contributed by atoms with Gasteiger partial charge in [-0.05, 0) is 0 Å². The zero-order valence-corrected chi connectivity index (χ0v) is 13.9. The number of aromatic nitrogens is 4. The Kier molecular flexibility index (Phi) is 5.11. The average Bonchev–Trinajstić information content (AvgIpc) is 3.16. The van der Waals surface area contributed by atoms with Crippen LogP contribution in [-0.2, 0) is 6.61 Å². The molecule has 10 heteroatoms. The molecule has 0 radical (unpaired) electrons. The van der Waals surface area contributed by atoms with Crippen LogP contribution in [0.4, 0.5) is 20.5 Å². The summed E-state index contributed by atoms with van der Waals surface area (Å²) in [5, 5.41) is 9.37. The number of methoxy groups -OCH3 is 2. The molecule has 2 heterocycles. The van der Waals surface area contributed by atoms with Crippen LogP contribution in [0, 0.1) is 11.6 Å². The van der Waals surface area contributed by atoms with Gasteiger partial charge < -0.3 is 19.5 Å². The molecule has 0 aliphatic heterocycles. The van der Waals surface area contributed by atoms with Crippen molar-refractivity contribution in [1.29, 1.82) is 0 Å². The summed E-state index contributed by atoms with van der Waals surface area (Å²) in [7, 11) is 2.55. The van der Waals surface area contributed by atoms with Crippen LogP contribution in [0.3, 0.4) is 0 Å². The number of nitrogens with zero attached hydrogens (tertiary/aromatic N) is 3. The first kappa shape index (κ1) is 17.4. The Morgan fingerprint density at radius 3 is 2.27 bits per heavy atom. The zero-order chi connectivity index (χ0) is 18.5. The van der Waals surface area contributed by atoms with Crippen LogP contribution in [0.15, 0.2) is 30.7 Å². The lowest BCUT2D eigenvalue weighted by Crippen LogP contribution is -2.06. The fraction of sp³-hybridized carbons (Fsp3) is 0.188. The maximum atomic E-state index is 14.3. The second-order valence-electron chi connectivity index (χ2n) is 5.01. The summed E-state index contributed by atoms with van der Waals surface area (Å²) in [6, 6.07) is 2.84. The molecule has 0 unspecified atom stereocenters. The van der Waals surface area contributed by atoms with E-state index in [-0.39, 0.29) is 29.4 Å². The van der Waals surface area contributed by atoms with Gasteiger partial charge in [0, 0.05) is 12.1 Å². The minimum Gasteiger partial charge on any atom is -0.494 e. The second kappa shape index (κ2) is 7.64. The highest BCUT2D eigenvalue weighted by Gasteiger charge is 2.20. The van der Waals surface area contributed by atoms with Crippen molar-refractivity contribution in [2.75, 3.05) is 19.5 Å². The van der Waals surface area contributed by atoms with Crippen molar-refractivity contribution in [1.82, 2.24) is 20.2 Å². The van der Waals surface area contributed by atoms with Crippen molar-refractivity contribution in [3.8, 4) is 17.2 Å². The summed E-state index contributed by atoms with van der Waals surface area (Å²) in [4.78, 5) is 8.09. The van der Waals surface area contributed by atoms with Gasteiger partial charge in [-0.1, -0.05) is 0 Å². The molecule has 0 atom stereocenters. The molecule has 0 saturated carbocycles. The number of benzene rings is 1. The van der Waals surface area contributed by atoms with Crippen molar-refractivity contribution >= 4 is 11.8 Å². The minimum absolute atomic E-state index is 0.141. The van der Waals surface area contributed by atoms with Crippen molar-refractivity contribution in [3.63, 3.8) is 0 Å². The van der Waals surface area contributed by atoms with Crippen LogP contribution >= 0.6 is 0 Å². The molecule has 0 saturated heterocycles. The third-order valence-corrected chi connectivity index (χ3v) is 3.42. The van der Waals surface area contributed by atoms with Crippen LogP contribution in [-0.4, -0.2) is 34.4 Å². The fourth-order valence-electron chi connectivity index (χ4n) is 2.12. The second-order valence-corrected chi connectivity index (χ2v) is 5.01. The molecule has 0 amide bonds. The number of anilines is 2. The van der Waals surface area contributed by atoms with Gasteiger partial charge in [-0.25, -0.2) is 18.7 Å². The molecular formula is C16H15F2N5O3. The van der Waals surface area contributed by atoms with Crippen LogP contribution in [0.25, 0.3) is 0 Å². The Labute approximate surface area is 147 Å². The number of ether oxygens (including phenoxy) is 3. The predicted octanol–water partition coefficient (Wildman–Crippen LogP) is 2.82. The molecule has 0 spiro atoms. The van der Waals surface area contributed by atoms with Crippen molar-refractivity contribution < 1.29 is 23.0 Å². The summed E-state index contributed by atoms with van der Waals surface area (Å²) in [5.41, 5.74) is -0.319. The van der Waals surface area contributed by atoms with Gasteiger partial charge in [0.2, 0.25) is 5.95 Å². The number of nitrogens with one attached hydrogen (secondary N) is 2. The van der Waals surface area contributed by atoms with Gasteiger partial charge in [0.15, 0.2) is 28.9 Å². The number of aromatic amines is 1.